The molecule has 0 fully saturated rings. The number of nitrogens with one attached hydrogen (secondary N) is 1. The van der Waals surface area contributed by atoms with E-state index in [1.54, 1.807) is 13.2 Å². The van der Waals surface area contributed by atoms with Crippen LogP contribution in [0.2, 0.25) is 10.0 Å². The van der Waals surface area contributed by atoms with Gasteiger partial charge in [-0.2, -0.15) is 0 Å². The summed E-state index contributed by atoms with van der Waals surface area (Å²) in [7, 11) is 1.66. The third-order valence-electron chi connectivity index (χ3n) is 2.58. The van der Waals surface area contributed by atoms with Gasteiger partial charge in [0, 0.05) is 12.2 Å². The normalized spacial score (nSPS) is 10.2. The summed E-state index contributed by atoms with van der Waals surface area (Å²) in [5.41, 5.74) is 2.11. The van der Waals surface area contributed by atoms with E-state index in [-0.39, 0.29) is 0 Å². The molecule has 0 bridgehead atoms. The lowest BCUT2D eigenvalue weighted by Gasteiger charge is -2.08. The van der Waals surface area contributed by atoms with Crippen LogP contribution in [0.4, 0.5) is 5.69 Å². The predicted molar refractivity (Wildman–Crippen MR) is 76.8 cm³/mol. The Balaban J connectivity index is 1.99. The molecule has 0 spiro atoms. The minimum atomic E-state index is 0.552. The van der Waals surface area contributed by atoms with E-state index in [0.717, 1.165) is 18.0 Å². The largest absolute Gasteiger partial charge is 0.497 e. The molecule has 0 saturated carbocycles. The lowest BCUT2D eigenvalue weighted by Crippen LogP contribution is -1.99. The van der Waals surface area contributed by atoms with E-state index >= 15 is 0 Å². The van der Waals surface area contributed by atoms with Crippen molar-refractivity contribution in [2.24, 2.45) is 0 Å². The summed E-state index contributed by atoms with van der Waals surface area (Å²) >= 11 is 11.8. The van der Waals surface area contributed by atoms with Crippen molar-refractivity contribution in [3.63, 3.8) is 0 Å². The Morgan fingerprint density at radius 2 is 1.72 bits per heavy atom. The van der Waals surface area contributed by atoms with Crippen molar-refractivity contribution in [1.29, 1.82) is 0 Å². The molecule has 0 aliphatic heterocycles. The summed E-state index contributed by atoms with van der Waals surface area (Å²) in [6.07, 6.45) is 0. The lowest BCUT2D eigenvalue weighted by atomic mass is 10.2. The molecule has 0 atom stereocenters. The van der Waals surface area contributed by atoms with Gasteiger partial charge in [-0.05, 0) is 35.9 Å². The van der Waals surface area contributed by atoms with Gasteiger partial charge in [0.25, 0.3) is 0 Å². The summed E-state index contributed by atoms with van der Waals surface area (Å²) in [4.78, 5) is 0. The molecule has 2 aromatic carbocycles. The van der Waals surface area contributed by atoms with Crippen LogP contribution < -0.4 is 10.1 Å². The zero-order valence-corrected chi connectivity index (χ0v) is 11.4. The van der Waals surface area contributed by atoms with Crippen LogP contribution in [-0.2, 0) is 6.54 Å². The SMILES string of the molecule is COc1ccc(CNc2ccc(Cl)c(Cl)c2)cc1. The molecule has 1 N–H and O–H groups in total. The molecule has 2 rings (SSSR count). The van der Waals surface area contributed by atoms with Crippen LogP contribution in [0.15, 0.2) is 42.5 Å². The van der Waals surface area contributed by atoms with Crippen LogP contribution >= 0.6 is 23.2 Å². The van der Waals surface area contributed by atoms with Crippen LogP contribution in [-0.4, -0.2) is 7.11 Å². The highest BCUT2D eigenvalue weighted by Gasteiger charge is 1.99. The smallest absolute Gasteiger partial charge is 0.118 e. The fourth-order valence-electron chi connectivity index (χ4n) is 1.55. The molecule has 18 heavy (non-hydrogen) atoms. The fraction of sp³-hybridized carbons (Fsp3) is 0.143. The fourth-order valence-corrected chi connectivity index (χ4v) is 1.85. The third-order valence-corrected chi connectivity index (χ3v) is 3.31. The molecule has 4 heteroatoms. The molecule has 0 saturated heterocycles. The topological polar surface area (TPSA) is 21.3 Å². The van der Waals surface area contributed by atoms with Crippen molar-refractivity contribution < 1.29 is 4.74 Å². The van der Waals surface area contributed by atoms with Gasteiger partial charge in [-0.25, -0.2) is 0 Å². The first-order chi connectivity index (χ1) is 8.69. The Morgan fingerprint density at radius 1 is 1.00 bits per heavy atom. The molecule has 0 aliphatic rings. The van der Waals surface area contributed by atoms with Gasteiger partial charge in [-0.1, -0.05) is 35.3 Å². The molecule has 94 valence electrons. The minimum Gasteiger partial charge on any atom is -0.497 e. The number of hydrogen-bond acceptors (Lipinski definition) is 2. The van der Waals surface area contributed by atoms with Gasteiger partial charge in [0.15, 0.2) is 0 Å². The Kier molecular flexibility index (Phi) is 4.34. The minimum absolute atomic E-state index is 0.552. The Bertz CT molecular complexity index is 526. The van der Waals surface area contributed by atoms with Crippen LogP contribution in [0, 0.1) is 0 Å². The Labute approximate surface area is 116 Å². The molecule has 0 unspecified atom stereocenters. The molecule has 2 aromatic rings. The van der Waals surface area contributed by atoms with E-state index in [9.17, 15) is 0 Å². The number of ether oxygens (including phenoxy) is 1. The van der Waals surface area contributed by atoms with Gasteiger partial charge in [0.05, 0.1) is 17.2 Å². The lowest BCUT2D eigenvalue weighted by molar-refractivity contribution is 0.414. The Morgan fingerprint density at radius 3 is 2.33 bits per heavy atom. The van der Waals surface area contributed by atoms with Gasteiger partial charge in [-0.15, -0.1) is 0 Å². The van der Waals surface area contributed by atoms with Crippen molar-refractivity contribution in [3.8, 4) is 5.75 Å². The number of methoxy groups -OCH3 is 1. The number of benzene rings is 2. The third kappa shape index (κ3) is 3.31. The van der Waals surface area contributed by atoms with Gasteiger partial charge in [-0.3, -0.25) is 0 Å². The van der Waals surface area contributed by atoms with Gasteiger partial charge in [0.2, 0.25) is 0 Å². The van der Waals surface area contributed by atoms with E-state index in [2.05, 4.69) is 5.32 Å². The van der Waals surface area contributed by atoms with Crippen molar-refractivity contribution in [2.45, 2.75) is 6.54 Å². The molecular formula is C14H13Cl2NO. The highest BCUT2D eigenvalue weighted by molar-refractivity contribution is 6.42. The second kappa shape index (κ2) is 5.98. The van der Waals surface area contributed by atoms with E-state index in [4.69, 9.17) is 27.9 Å². The molecule has 0 aliphatic carbocycles. The van der Waals surface area contributed by atoms with Crippen LogP contribution in [0.25, 0.3) is 0 Å². The second-order valence-electron chi connectivity index (χ2n) is 3.83. The maximum absolute atomic E-state index is 5.95. The van der Waals surface area contributed by atoms with Crippen molar-refractivity contribution in [3.05, 3.63) is 58.1 Å². The van der Waals surface area contributed by atoms with E-state index < -0.39 is 0 Å². The quantitative estimate of drug-likeness (QED) is 0.883. The second-order valence-corrected chi connectivity index (χ2v) is 4.64. The zero-order chi connectivity index (χ0) is 13.0. The van der Waals surface area contributed by atoms with E-state index in [0.29, 0.717) is 10.0 Å². The van der Waals surface area contributed by atoms with Gasteiger partial charge in [0.1, 0.15) is 5.75 Å². The van der Waals surface area contributed by atoms with Crippen LogP contribution in [0.5, 0.6) is 5.75 Å². The molecule has 0 heterocycles. The van der Waals surface area contributed by atoms with Crippen molar-refractivity contribution in [1.82, 2.24) is 0 Å². The molecule has 0 amide bonds. The number of hydrogen-bond donors (Lipinski definition) is 1. The monoisotopic (exact) mass is 281 g/mol. The first kappa shape index (κ1) is 13.1. The standard InChI is InChI=1S/C14H13Cl2NO/c1-18-12-5-2-10(3-6-12)9-17-11-4-7-13(15)14(16)8-11/h2-8,17H,9H2,1H3. The average molecular weight is 282 g/mol. The number of halogens is 2. The van der Waals surface area contributed by atoms with Gasteiger partial charge < -0.3 is 10.1 Å². The van der Waals surface area contributed by atoms with Gasteiger partial charge >= 0.3 is 0 Å². The summed E-state index contributed by atoms with van der Waals surface area (Å²) in [5.74, 6) is 0.855. The first-order valence-corrected chi connectivity index (χ1v) is 6.26. The zero-order valence-electron chi connectivity index (χ0n) is 9.91. The summed E-state index contributed by atoms with van der Waals surface area (Å²) < 4.78 is 5.11. The Hall–Kier alpha value is -1.38. The first-order valence-electron chi connectivity index (χ1n) is 5.51. The average Bonchev–Trinajstić information content (AvgIpc) is 2.41. The van der Waals surface area contributed by atoms with Crippen molar-refractivity contribution in [2.75, 3.05) is 12.4 Å². The predicted octanol–water partition coefficient (Wildman–Crippen LogP) is 4.61. The number of rotatable bonds is 4. The van der Waals surface area contributed by atoms with E-state index in [1.807, 2.05) is 36.4 Å². The van der Waals surface area contributed by atoms with E-state index in [1.165, 1.54) is 5.56 Å². The maximum atomic E-state index is 5.95. The van der Waals surface area contributed by atoms with Crippen molar-refractivity contribution >= 4 is 28.9 Å². The maximum Gasteiger partial charge on any atom is 0.118 e. The molecule has 0 radical (unpaired) electrons. The molecular weight excluding hydrogens is 269 g/mol. The number of anilines is 1. The summed E-state index contributed by atoms with van der Waals surface area (Å²) in [6, 6.07) is 13.4. The highest BCUT2D eigenvalue weighted by atomic mass is 35.5. The summed E-state index contributed by atoms with van der Waals surface area (Å²) in [6.45, 7) is 0.724. The molecule has 2 nitrogen and oxygen atoms in total. The highest BCUT2D eigenvalue weighted by Crippen LogP contribution is 2.25. The van der Waals surface area contributed by atoms with Crippen LogP contribution in [0.3, 0.4) is 0 Å². The van der Waals surface area contributed by atoms with Crippen LogP contribution in [0.1, 0.15) is 5.56 Å². The summed E-state index contributed by atoms with van der Waals surface area (Å²) in [5, 5.41) is 4.40. The molecule has 0 aromatic heterocycles.